The Balaban J connectivity index is 1.47. The SMILES string of the molecule is O=C(CN1CCCCC1)N1CCN(c2ccccn2)CC1. The van der Waals surface area contributed by atoms with Gasteiger partial charge in [0.1, 0.15) is 5.82 Å². The predicted molar refractivity (Wildman–Crippen MR) is 83.3 cm³/mol. The van der Waals surface area contributed by atoms with E-state index in [0.29, 0.717) is 6.54 Å². The van der Waals surface area contributed by atoms with Gasteiger partial charge in [0.15, 0.2) is 0 Å². The molecule has 5 heteroatoms. The molecule has 1 aromatic rings. The van der Waals surface area contributed by atoms with Gasteiger partial charge in [-0.3, -0.25) is 9.69 Å². The number of likely N-dealkylation sites (tertiary alicyclic amines) is 1. The van der Waals surface area contributed by atoms with E-state index < -0.39 is 0 Å². The van der Waals surface area contributed by atoms with E-state index in [1.807, 2.05) is 29.3 Å². The number of hydrogen-bond acceptors (Lipinski definition) is 4. The van der Waals surface area contributed by atoms with E-state index in [1.54, 1.807) is 0 Å². The van der Waals surface area contributed by atoms with Gasteiger partial charge < -0.3 is 9.80 Å². The predicted octanol–water partition coefficient (Wildman–Crippen LogP) is 1.22. The largest absolute Gasteiger partial charge is 0.353 e. The van der Waals surface area contributed by atoms with Crippen LogP contribution < -0.4 is 4.90 Å². The lowest BCUT2D eigenvalue weighted by Crippen LogP contribution is -2.51. The Morgan fingerprint density at radius 2 is 1.76 bits per heavy atom. The average molecular weight is 288 g/mol. The standard InChI is InChI=1S/C16H24N4O/c21-16(14-18-8-4-1-5-9-18)20-12-10-19(11-13-20)15-6-2-3-7-17-15/h2-3,6-7H,1,4-5,8-14H2. The average Bonchev–Trinajstić information content (AvgIpc) is 2.57. The molecule has 0 radical (unpaired) electrons. The number of nitrogens with zero attached hydrogens (tertiary/aromatic N) is 4. The lowest BCUT2D eigenvalue weighted by molar-refractivity contribution is -0.132. The summed E-state index contributed by atoms with van der Waals surface area (Å²) in [5.41, 5.74) is 0. The molecular formula is C16H24N4O. The molecule has 2 aliphatic rings. The summed E-state index contributed by atoms with van der Waals surface area (Å²) in [5.74, 6) is 1.30. The molecule has 3 heterocycles. The summed E-state index contributed by atoms with van der Waals surface area (Å²) in [6.45, 7) is 6.14. The third-order valence-corrected chi connectivity index (χ3v) is 4.41. The highest BCUT2D eigenvalue weighted by Crippen LogP contribution is 2.13. The Morgan fingerprint density at radius 1 is 1.00 bits per heavy atom. The van der Waals surface area contributed by atoms with Crippen LogP contribution >= 0.6 is 0 Å². The van der Waals surface area contributed by atoms with E-state index in [9.17, 15) is 4.79 Å². The number of carbonyl (C=O) groups excluding carboxylic acids is 1. The van der Waals surface area contributed by atoms with Crippen LogP contribution in [-0.2, 0) is 4.79 Å². The zero-order valence-corrected chi connectivity index (χ0v) is 12.6. The van der Waals surface area contributed by atoms with Gasteiger partial charge in [-0.2, -0.15) is 0 Å². The number of pyridine rings is 1. The molecule has 0 aromatic carbocycles. The summed E-state index contributed by atoms with van der Waals surface area (Å²) < 4.78 is 0. The molecule has 1 amide bonds. The zero-order valence-electron chi connectivity index (χ0n) is 12.6. The maximum absolute atomic E-state index is 12.4. The summed E-state index contributed by atoms with van der Waals surface area (Å²) in [6.07, 6.45) is 5.61. The van der Waals surface area contributed by atoms with Crippen molar-refractivity contribution in [2.24, 2.45) is 0 Å². The van der Waals surface area contributed by atoms with Crippen molar-refractivity contribution in [2.75, 3.05) is 50.7 Å². The topological polar surface area (TPSA) is 39.7 Å². The van der Waals surface area contributed by atoms with Gasteiger partial charge in [0, 0.05) is 32.4 Å². The van der Waals surface area contributed by atoms with Crippen molar-refractivity contribution < 1.29 is 4.79 Å². The Bertz CT molecular complexity index is 451. The van der Waals surface area contributed by atoms with Gasteiger partial charge in [0.25, 0.3) is 0 Å². The second kappa shape index (κ2) is 6.89. The molecule has 0 aliphatic carbocycles. The van der Waals surface area contributed by atoms with E-state index in [1.165, 1.54) is 19.3 Å². The van der Waals surface area contributed by atoms with Gasteiger partial charge in [-0.05, 0) is 38.1 Å². The van der Waals surface area contributed by atoms with Gasteiger partial charge in [0.2, 0.25) is 5.91 Å². The molecule has 0 N–H and O–H groups in total. The van der Waals surface area contributed by atoms with Crippen molar-refractivity contribution in [3.63, 3.8) is 0 Å². The van der Waals surface area contributed by atoms with Crippen molar-refractivity contribution >= 4 is 11.7 Å². The van der Waals surface area contributed by atoms with Gasteiger partial charge >= 0.3 is 0 Å². The number of piperazine rings is 1. The fraction of sp³-hybridized carbons (Fsp3) is 0.625. The van der Waals surface area contributed by atoms with Crippen LogP contribution in [0.5, 0.6) is 0 Å². The van der Waals surface area contributed by atoms with E-state index >= 15 is 0 Å². The summed E-state index contributed by atoms with van der Waals surface area (Å²) in [6, 6.07) is 5.98. The number of hydrogen-bond donors (Lipinski definition) is 0. The first-order valence-corrected chi connectivity index (χ1v) is 7.99. The Labute approximate surface area is 126 Å². The van der Waals surface area contributed by atoms with Gasteiger partial charge in [-0.25, -0.2) is 4.98 Å². The lowest BCUT2D eigenvalue weighted by Gasteiger charge is -2.36. The molecule has 2 fully saturated rings. The van der Waals surface area contributed by atoms with Crippen LogP contribution in [-0.4, -0.2) is 66.5 Å². The van der Waals surface area contributed by atoms with Gasteiger partial charge in [0.05, 0.1) is 6.54 Å². The van der Waals surface area contributed by atoms with Crippen LogP contribution in [0.15, 0.2) is 24.4 Å². The quantitative estimate of drug-likeness (QED) is 0.838. The number of aromatic nitrogens is 1. The van der Waals surface area contributed by atoms with E-state index in [-0.39, 0.29) is 5.91 Å². The van der Waals surface area contributed by atoms with Crippen molar-refractivity contribution in [3.8, 4) is 0 Å². The molecule has 0 saturated carbocycles. The highest BCUT2D eigenvalue weighted by molar-refractivity contribution is 5.78. The number of piperidine rings is 1. The summed E-state index contributed by atoms with van der Waals surface area (Å²) in [4.78, 5) is 23.3. The molecule has 2 saturated heterocycles. The highest BCUT2D eigenvalue weighted by Gasteiger charge is 2.23. The van der Waals surface area contributed by atoms with Crippen molar-refractivity contribution in [1.29, 1.82) is 0 Å². The molecule has 5 nitrogen and oxygen atoms in total. The zero-order chi connectivity index (χ0) is 14.5. The van der Waals surface area contributed by atoms with Crippen LogP contribution in [0.25, 0.3) is 0 Å². The number of amides is 1. The lowest BCUT2D eigenvalue weighted by atomic mass is 10.1. The van der Waals surface area contributed by atoms with E-state index in [0.717, 1.165) is 45.1 Å². The molecule has 114 valence electrons. The Morgan fingerprint density at radius 3 is 2.43 bits per heavy atom. The number of carbonyl (C=O) groups is 1. The molecule has 0 unspecified atom stereocenters. The third kappa shape index (κ3) is 3.73. The molecule has 2 aliphatic heterocycles. The fourth-order valence-electron chi connectivity index (χ4n) is 3.13. The normalized spacial score (nSPS) is 20.6. The minimum absolute atomic E-state index is 0.289. The first-order chi connectivity index (χ1) is 10.3. The van der Waals surface area contributed by atoms with Crippen LogP contribution in [0, 0.1) is 0 Å². The van der Waals surface area contributed by atoms with Crippen molar-refractivity contribution in [1.82, 2.24) is 14.8 Å². The molecule has 0 bridgehead atoms. The molecule has 1 aromatic heterocycles. The highest BCUT2D eigenvalue weighted by atomic mass is 16.2. The Hall–Kier alpha value is -1.62. The smallest absolute Gasteiger partial charge is 0.236 e. The van der Waals surface area contributed by atoms with Crippen molar-refractivity contribution in [3.05, 3.63) is 24.4 Å². The fourth-order valence-corrected chi connectivity index (χ4v) is 3.13. The van der Waals surface area contributed by atoms with Crippen LogP contribution in [0.4, 0.5) is 5.82 Å². The minimum Gasteiger partial charge on any atom is -0.353 e. The Kier molecular flexibility index (Phi) is 4.70. The van der Waals surface area contributed by atoms with Crippen LogP contribution in [0.1, 0.15) is 19.3 Å². The summed E-state index contributed by atoms with van der Waals surface area (Å²) in [5, 5.41) is 0. The third-order valence-electron chi connectivity index (χ3n) is 4.41. The van der Waals surface area contributed by atoms with E-state index in [4.69, 9.17) is 0 Å². The minimum atomic E-state index is 0.289. The second-order valence-electron chi connectivity index (χ2n) is 5.89. The van der Waals surface area contributed by atoms with Crippen LogP contribution in [0.3, 0.4) is 0 Å². The summed E-state index contributed by atoms with van der Waals surface area (Å²) >= 11 is 0. The second-order valence-corrected chi connectivity index (χ2v) is 5.89. The molecule has 21 heavy (non-hydrogen) atoms. The first kappa shape index (κ1) is 14.3. The molecule has 3 rings (SSSR count). The maximum atomic E-state index is 12.4. The molecular weight excluding hydrogens is 264 g/mol. The van der Waals surface area contributed by atoms with Gasteiger partial charge in [-0.1, -0.05) is 12.5 Å². The summed E-state index contributed by atoms with van der Waals surface area (Å²) in [7, 11) is 0. The van der Waals surface area contributed by atoms with E-state index in [2.05, 4.69) is 14.8 Å². The molecule has 0 atom stereocenters. The van der Waals surface area contributed by atoms with Gasteiger partial charge in [-0.15, -0.1) is 0 Å². The van der Waals surface area contributed by atoms with Crippen LogP contribution in [0.2, 0.25) is 0 Å². The van der Waals surface area contributed by atoms with Crippen molar-refractivity contribution in [2.45, 2.75) is 19.3 Å². The number of rotatable bonds is 3. The monoisotopic (exact) mass is 288 g/mol. The number of anilines is 1. The molecule has 0 spiro atoms. The first-order valence-electron chi connectivity index (χ1n) is 7.99. The maximum Gasteiger partial charge on any atom is 0.236 e.